The lowest BCUT2D eigenvalue weighted by atomic mass is 10.0. The van der Waals surface area contributed by atoms with Crippen LogP contribution in [0.4, 0.5) is 13.2 Å². The molecule has 86 valence electrons. The van der Waals surface area contributed by atoms with Crippen LogP contribution in [0.5, 0.6) is 0 Å². The van der Waals surface area contributed by atoms with Gasteiger partial charge in [0.2, 0.25) is 0 Å². The highest BCUT2D eigenvalue weighted by atomic mass is 32.1. The molecule has 0 aliphatic heterocycles. The fourth-order valence-electron chi connectivity index (χ4n) is 1.26. The Morgan fingerprint density at radius 1 is 1.53 bits per heavy atom. The monoisotopic (exact) mass is 238 g/mol. The summed E-state index contributed by atoms with van der Waals surface area (Å²) in [6.45, 7) is 2.37. The van der Waals surface area contributed by atoms with Crippen molar-refractivity contribution in [1.29, 1.82) is 0 Å². The molecule has 0 aliphatic rings. The molecule has 0 radical (unpaired) electrons. The van der Waals surface area contributed by atoms with Crippen LogP contribution in [0.1, 0.15) is 30.0 Å². The molecule has 1 heterocycles. The SMILES string of the molecule is CCC(CN)c1csc(CC(F)(F)F)n1. The van der Waals surface area contributed by atoms with Crippen LogP contribution in [0.25, 0.3) is 0 Å². The quantitative estimate of drug-likeness (QED) is 0.876. The van der Waals surface area contributed by atoms with Crippen molar-refractivity contribution >= 4 is 11.3 Å². The van der Waals surface area contributed by atoms with Crippen LogP contribution in [-0.4, -0.2) is 17.7 Å². The van der Waals surface area contributed by atoms with Gasteiger partial charge in [-0.1, -0.05) is 6.92 Å². The minimum Gasteiger partial charge on any atom is -0.330 e. The van der Waals surface area contributed by atoms with Gasteiger partial charge < -0.3 is 5.73 Å². The summed E-state index contributed by atoms with van der Waals surface area (Å²) < 4.78 is 36.2. The second-order valence-corrected chi connectivity index (χ2v) is 4.24. The fraction of sp³-hybridized carbons (Fsp3) is 0.667. The maximum Gasteiger partial charge on any atom is 0.395 e. The van der Waals surface area contributed by atoms with Crippen molar-refractivity contribution in [2.24, 2.45) is 5.73 Å². The van der Waals surface area contributed by atoms with Gasteiger partial charge in [0.25, 0.3) is 0 Å². The van der Waals surface area contributed by atoms with Crippen molar-refractivity contribution in [1.82, 2.24) is 4.98 Å². The van der Waals surface area contributed by atoms with Gasteiger partial charge in [-0.05, 0) is 6.42 Å². The predicted octanol–water partition coefficient (Wildman–Crippen LogP) is 2.70. The van der Waals surface area contributed by atoms with E-state index in [1.54, 1.807) is 5.38 Å². The second kappa shape index (κ2) is 4.94. The largest absolute Gasteiger partial charge is 0.395 e. The molecule has 15 heavy (non-hydrogen) atoms. The maximum absolute atomic E-state index is 12.1. The summed E-state index contributed by atoms with van der Waals surface area (Å²) in [6, 6.07) is 0. The summed E-state index contributed by atoms with van der Waals surface area (Å²) in [4.78, 5) is 3.96. The third kappa shape index (κ3) is 3.79. The molecule has 1 aromatic heterocycles. The molecule has 0 bridgehead atoms. The van der Waals surface area contributed by atoms with Gasteiger partial charge in [-0.25, -0.2) is 4.98 Å². The highest BCUT2D eigenvalue weighted by Gasteiger charge is 2.29. The van der Waals surface area contributed by atoms with Crippen LogP contribution in [0.15, 0.2) is 5.38 Å². The molecular formula is C9H13F3N2S. The van der Waals surface area contributed by atoms with Gasteiger partial charge in [0.15, 0.2) is 0 Å². The average molecular weight is 238 g/mol. The Morgan fingerprint density at radius 2 is 2.20 bits per heavy atom. The maximum atomic E-state index is 12.1. The minimum absolute atomic E-state index is 0.0724. The van der Waals surface area contributed by atoms with E-state index in [0.29, 0.717) is 12.2 Å². The van der Waals surface area contributed by atoms with Crippen molar-refractivity contribution in [2.45, 2.75) is 31.9 Å². The first-order valence-corrected chi connectivity index (χ1v) is 5.55. The Morgan fingerprint density at radius 3 is 2.67 bits per heavy atom. The standard InChI is InChI=1S/C9H13F3N2S/c1-2-6(4-13)7-5-15-8(14-7)3-9(10,11)12/h5-6H,2-4,13H2,1H3. The van der Waals surface area contributed by atoms with Crippen LogP contribution >= 0.6 is 11.3 Å². The normalized spacial score (nSPS) is 14.2. The van der Waals surface area contributed by atoms with E-state index in [1.165, 1.54) is 0 Å². The van der Waals surface area contributed by atoms with E-state index in [9.17, 15) is 13.2 Å². The molecule has 0 spiro atoms. The van der Waals surface area contributed by atoms with Gasteiger partial charge in [0.1, 0.15) is 5.01 Å². The van der Waals surface area contributed by atoms with Crippen molar-refractivity contribution < 1.29 is 13.2 Å². The zero-order valence-corrected chi connectivity index (χ0v) is 9.16. The third-order valence-electron chi connectivity index (χ3n) is 2.12. The average Bonchev–Trinajstić information content (AvgIpc) is 2.52. The van der Waals surface area contributed by atoms with Crippen molar-refractivity contribution in [2.75, 3.05) is 6.54 Å². The zero-order valence-electron chi connectivity index (χ0n) is 8.34. The molecule has 1 atom stereocenters. The molecule has 6 heteroatoms. The molecule has 0 saturated heterocycles. The lowest BCUT2D eigenvalue weighted by Gasteiger charge is -2.07. The molecule has 1 rings (SSSR count). The minimum atomic E-state index is -4.18. The highest BCUT2D eigenvalue weighted by Crippen LogP contribution is 2.26. The first kappa shape index (κ1) is 12.4. The van der Waals surface area contributed by atoms with Crippen molar-refractivity contribution in [3.63, 3.8) is 0 Å². The van der Waals surface area contributed by atoms with Gasteiger partial charge >= 0.3 is 6.18 Å². The Labute approximate surface area is 90.3 Å². The lowest BCUT2D eigenvalue weighted by molar-refractivity contribution is -0.127. The van der Waals surface area contributed by atoms with Crippen LogP contribution in [0, 0.1) is 0 Å². The summed E-state index contributed by atoms with van der Waals surface area (Å²) in [5.74, 6) is 0.0724. The molecule has 0 amide bonds. The van der Waals surface area contributed by atoms with E-state index >= 15 is 0 Å². The van der Waals surface area contributed by atoms with Crippen LogP contribution in [0.3, 0.4) is 0 Å². The van der Waals surface area contributed by atoms with Crippen LogP contribution in [-0.2, 0) is 6.42 Å². The Hall–Kier alpha value is -0.620. The molecular weight excluding hydrogens is 225 g/mol. The molecule has 0 aromatic carbocycles. The Kier molecular flexibility index (Phi) is 4.10. The molecule has 2 nitrogen and oxygen atoms in total. The highest BCUT2D eigenvalue weighted by molar-refractivity contribution is 7.09. The summed E-state index contributed by atoms with van der Waals surface area (Å²) in [6.07, 6.45) is -4.33. The fourth-order valence-corrected chi connectivity index (χ4v) is 2.17. The molecule has 0 saturated carbocycles. The number of halogens is 3. The Bertz CT molecular complexity index is 305. The number of nitrogens with zero attached hydrogens (tertiary/aromatic N) is 1. The van der Waals surface area contributed by atoms with E-state index in [4.69, 9.17) is 5.73 Å². The molecule has 0 aliphatic carbocycles. The first-order chi connectivity index (χ1) is 6.96. The Balaban J connectivity index is 2.71. The number of hydrogen-bond donors (Lipinski definition) is 1. The number of hydrogen-bond acceptors (Lipinski definition) is 3. The van der Waals surface area contributed by atoms with Gasteiger partial charge in [0.05, 0.1) is 12.1 Å². The zero-order chi connectivity index (χ0) is 11.5. The van der Waals surface area contributed by atoms with Crippen molar-refractivity contribution in [3.05, 3.63) is 16.1 Å². The van der Waals surface area contributed by atoms with E-state index < -0.39 is 12.6 Å². The van der Waals surface area contributed by atoms with Gasteiger partial charge in [-0.15, -0.1) is 11.3 Å². The molecule has 2 N–H and O–H groups in total. The number of rotatable bonds is 4. The molecule has 1 unspecified atom stereocenters. The first-order valence-electron chi connectivity index (χ1n) is 4.67. The third-order valence-corrected chi connectivity index (χ3v) is 2.98. The van der Waals surface area contributed by atoms with Gasteiger partial charge in [0, 0.05) is 17.8 Å². The summed E-state index contributed by atoms with van der Waals surface area (Å²) >= 11 is 1.05. The second-order valence-electron chi connectivity index (χ2n) is 3.30. The number of thiazole rings is 1. The summed E-state index contributed by atoms with van der Waals surface area (Å²) in [7, 11) is 0. The molecule has 1 aromatic rings. The summed E-state index contributed by atoms with van der Waals surface area (Å²) in [5.41, 5.74) is 6.18. The van der Waals surface area contributed by atoms with Gasteiger partial charge in [-0.3, -0.25) is 0 Å². The number of alkyl halides is 3. The lowest BCUT2D eigenvalue weighted by Crippen LogP contribution is -2.13. The number of nitrogens with two attached hydrogens (primary N) is 1. The van der Waals surface area contributed by atoms with Crippen molar-refractivity contribution in [3.8, 4) is 0 Å². The van der Waals surface area contributed by atoms with E-state index in [2.05, 4.69) is 4.98 Å². The topological polar surface area (TPSA) is 38.9 Å². The van der Waals surface area contributed by atoms with Crippen LogP contribution in [0.2, 0.25) is 0 Å². The van der Waals surface area contributed by atoms with Crippen LogP contribution < -0.4 is 5.73 Å². The van der Waals surface area contributed by atoms with E-state index in [0.717, 1.165) is 17.8 Å². The number of aromatic nitrogens is 1. The smallest absolute Gasteiger partial charge is 0.330 e. The van der Waals surface area contributed by atoms with Gasteiger partial charge in [-0.2, -0.15) is 13.2 Å². The predicted molar refractivity (Wildman–Crippen MR) is 54.0 cm³/mol. The summed E-state index contributed by atoms with van der Waals surface area (Å²) in [5, 5.41) is 1.78. The van der Waals surface area contributed by atoms with E-state index in [1.807, 2.05) is 6.92 Å². The molecule has 0 fully saturated rings. The van der Waals surface area contributed by atoms with E-state index in [-0.39, 0.29) is 10.9 Å².